The van der Waals surface area contributed by atoms with Crippen LogP contribution in [0.3, 0.4) is 0 Å². The third kappa shape index (κ3) is 2.83. The molecule has 2 rings (SSSR count). The molecular weight excluding hydrogens is 220 g/mol. The molecule has 1 nitrogen and oxygen atoms in total. The van der Waals surface area contributed by atoms with Crippen molar-refractivity contribution >= 4 is 0 Å². The van der Waals surface area contributed by atoms with Gasteiger partial charge in [0, 0.05) is 12.6 Å². The number of halogens is 2. The molecule has 0 aromatic heterocycles. The van der Waals surface area contributed by atoms with Gasteiger partial charge in [-0.1, -0.05) is 13.0 Å². The van der Waals surface area contributed by atoms with Gasteiger partial charge in [-0.3, -0.25) is 0 Å². The number of nitrogens with one attached hydrogen (secondary N) is 1. The summed E-state index contributed by atoms with van der Waals surface area (Å²) in [6.45, 7) is 5.15. The van der Waals surface area contributed by atoms with E-state index < -0.39 is 11.6 Å². The largest absolute Gasteiger partial charge is 0.310 e. The van der Waals surface area contributed by atoms with Gasteiger partial charge in [-0.15, -0.1) is 0 Å². The maximum atomic E-state index is 13.1. The lowest BCUT2D eigenvalue weighted by atomic mass is 10.0. The first kappa shape index (κ1) is 12.5. The average Bonchev–Trinajstić information content (AvgIpc) is 3.10. The molecule has 0 heterocycles. The summed E-state index contributed by atoms with van der Waals surface area (Å²) >= 11 is 0. The van der Waals surface area contributed by atoms with Crippen molar-refractivity contribution in [3.8, 4) is 0 Å². The molecule has 1 aromatic rings. The van der Waals surface area contributed by atoms with E-state index in [-0.39, 0.29) is 6.04 Å². The van der Waals surface area contributed by atoms with E-state index in [1.165, 1.54) is 31.4 Å². The molecule has 1 fully saturated rings. The van der Waals surface area contributed by atoms with E-state index in [9.17, 15) is 8.78 Å². The van der Waals surface area contributed by atoms with Gasteiger partial charge in [0.15, 0.2) is 11.6 Å². The minimum atomic E-state index is -0.784. The molecular formula is C14H19F2N. The average molecular weight is 239 g/mol. The van der Waals surface area contributed by atoms with Crippen LogP contribution in [-0.4, -0.2) is 6.54 Å². The SMILES string of the molecule is CCC1(CNC(C)c2ccc(F)c(F)c2)CC1. The second-order valence-electron chi connectivity index (χ2n) is 5.13. The monoisotopic (exact) mass is 239 g/mol. The molecule has 1 atom stereocenters. The normalized spacial score (nSPS) is 19.1. The first-order chi connectivity index (χ1) is 8.06. The summed E-state index contributed by atoms with van der Waals surface area (Å²) in [4.78, 5) is 0. The highest BCUT2D eigenvalue weighted by Crippen LogP contribution is 2.48. The third-order valence-corrected chi connectivity index (χ3v) is 3.93. The lowest BCUT2D eigenvalue weighted by Crippen LogP contribution is -2.26. The zero-order valence-electron chi connectivity index (χ0n) is 10.4. The lowest BCUT2D eigenvalue weighted by molar-refractivity contribution is 0.413. The molecule has 94 valence electrons. The molecule has 0 radical (unpaired) electrons. The Morgan fingerprint density at radius 2 is 2.00 bits per heavy atom. The van der Waals surface area contributed by atoms with Crippen molar-refractivity contribution in [2.75, 3.05) is 6.54 Å². The van der Waals surface area contributed by atoms with E-state index in [2.05, 4.69) is 12.2 Å². The van der Waals surface area contributed by atoms with Crippen molar-refractivity contribution in [1.82, 2.24) is 5.32 Å². The van der Waals surface area contributed by atoms with Crippen molar-refractivity contribution in [1.29, 1.82) is 0 Å². The van der Waals surface area contributed by atoms with Crippen LogP contribution in [0.5, 0.6) is 0 Å². The Kier molecular flexibility index (Phi) is 3.48. The van der Waals surface area contributed by atoms with Gasteiger partial charge in [0.05, 0.1) is 0 Å². The molecule has 17 heavy (non-hydrogen) atoms. The molecule has 1 aromatic carbocycles. The quantitative estimate of drug-likeness (QED) is 0.824. The van der Waals surface area contributed by atoms with E-state index in [4.69, 9.17) is 0 Å². The number of rotatable bonds is 5. The highest BCUT2D eigenvalue weighted by atomic mass is 19.2. The summed E-state index contributed by atoms with van der Waals surface area (Å²) in [5.41, 5.74) is 1.27. The minimum absolute atomic E-state index is 0.0640. The molecule has 1 N–H and O–H groups in total. The number of benzene rings is 1. The van der Waals surface area contributed by atoms with E-state index in [1.54, 1.807) is 6.07 Å². The highest BCUT2D eigenvalue weighted by molar-refractivity contribution is 5.20. The Morgan fingerprint density at radius 3 is 2.53 bits per heavy atom. The fourth-order valence-electron chi connectivity index (χ4n) is 2.10. The fourth-order valence-corrected chi connectivity index (χ4v) is 2.10. The summed E-state index contributed by atoms with van der Waals surface area (Å²) in [5.74, 6) is -1.55. The predicted octanol–water partition coefficient (Wildman–Crippen LogP) is 3.81. The van der Waals surface area contributed by atoms with Gasteiger partial charge in [-0.2, -0.15) is 0 Å². The number of hydrogen-bond donors (Lipinski definition) is 1. The van der Waals surface area contributed by atoms with Crippen molar-refractivity contribution in [2.24, 2.45) is 5.41 Å². The second-order valence-corrected chi connectivity index (χ2v) is 5.13. The van der Waals surface area contributed by atoms with Crippen LogP contribution < -0.4 is 5.32 Å². The van der Waals surface area contributed by atoms with Gasteiger partial charge >= 0.3 is 0 Å². The van der Waals surface area contributed by atoms with E-state index in [0.717, 1.165) is 12.1 Å². The van der Waals surface area contributed by atoms with Gasteiger partial charge in [0.1, 0.15) is 0 Å². The van der Waals surface area contributed by atoms with Crippen LogP contribution in [0, 0.1) is 17.0 Å². The van der Waals surface area contributed by atoms with Gasteiger partial charge in [-0.05, 0) is 49.3 Å². The van der Waals surface area contributed by atoms with Crippen LogP contribution in [0.15, 0.2) is 18.2 Å². The van der Waals surface area contributed by atoms with Crippen LogP contribution in [0.25, 0.3) is 0 Å². The van der Waals surface area contributed by atoms with Crippen molar-refractivity contribution < 1.29 is 8.78 Å². The van der Waals surface area contributed by atoms with Gasteiger partial charge in [-0.25, -0.2) is 8.78 Å². The summed E-state index contributed by atoms with van der Waals surface area (Å²) in [6.07, 6.45) is 3.74. The third-order valence-electron chi connectivity index (χ3n) is 3.93. The summed E-state index contributed by atoms with van der Waals surface area (Å²) in [6, 6.07) is 4.17. The first-order valence-electron chi connectivity index (χ1n) is 6.25. The van der Waals surface area contributed by atoms with Gasteiger partial charge in [0.25, 0.3) is 0 Å². The van der Waals surface area contributed by atoms with Gasteiger partial charge in [0.2, 0.25) is 0 Å². The molecule has 0 aliphatic heterocycles. The minimum Gasteiger partial charge on any atom is -0.310 e. The fraction of sp³-hybridized carbons (Fsp3) is 0.571. The van der Waals surface area contributed by atoms with Crippen molar-refractivity contribution in [3.05, 3.63) is 35.4 Å². The van der Waals surface area contributed by atoms with Crippen LogP contribution in [0.2, 0.25) is 0 Å². The van der Waals surface area contributed by atoms with Crippen LogP contribution in [-0.2, 0) is 0 Å². The summed E-state index contributed by atoms with van der Waals surface area (Å²) in [5, 5.41) is 3.41. The maximum Gasteiger partial charge on any atom is 0.159 e. The van der Waals surface area contributed by atoms with E-state index in [1.807, 2.05) is 6.92 Å². The zero-order valence-corrected chi connectivity index (χ0v) is 10.4. The Labute approximate surface area is 101 Å². The maximum absolute atomic E-state index is 13.1. The first-order valence-corrected chi connectivity index (χ1v) is 6.25. The molecule has 0 amide bonds. The van der Waals surface area contributed by atoms with Crippen LogP contribution in [0.1, 0.15) is 44.7 Å². The van der Waals surface area contributed by atoms with E-state index >= 15 is 0 Å². The molecule has 1 saturated carbocycles. The molecule has 1 aliphatic rings. The second kappa shape index (κ2) is 4.73. The highest BCUT2D eigenvalue weighted by Gasteiger charge is 2.40. The number of hydrogen-bond acceptors (Lipinski definition) is 1. The Bertz CT molecular complexity index is 399. The van der Waals surface area contributed by atoms with Gasteiger partial charge < -0.3 is 5.32 Å². The topological polar surface area (TPSA) is 12.0 Å². The lowest BCUT2D eigenvalue weighted by Gasteiger charge is -2.19. The Hall–Kier alpha value is -0.960. The summed E-state index contributed by atoms with van der Waals surface area (Å²) < 4.78 is 25.9. The van der Waals surface area contributed by atoms with Crippen LogP contribution in [0.4, 0.5) is 8.78 Å². The molecule has 1 aliphatic carbocycles. The zero-order chi connectivity index (χ0) is 12.5. The smallest absolute Gasteiger partial charge is 0.159 e. The van der Waals surface area contributed by atoms with Crippen LogP contribution >= 0.6 is 0 Å². The Balaban J connectivity index is 1.95. The summed E-state index contributed by atoms with van der Waals surface area (Å²) in [7, 11) is 0. The van der Waals surface area contributed by atoms with E-state index in [0.29, 0.717) is 5.41 Å². The van der Waals surface area contributed by atoms with Crippen molar-refractivity contribution in [2.45, 2.75) is 39.2 Å². The molecule has 0 spiro atoms. The molecule has 1 unspecified atom stereocenters. The Morgan fingerprint density at radius 1 is 1.29 bits per heavy atom. The molecule has 0 saturated heterocycles. The van der Waals surface area contributed by atoms with Crippen molar-refractivity contribution in [3.63, 3.8) is 0 Å². The molecule has 0 bridgehead atoms. The molecule has 3 heteroatoms. The predicted molar refractivity (Wildman–Crippen MR) is 64.7 cm³/mol. The standard InChI is InChI=1S/C14H19F2N/c1-3-14(6-7-14)9-17-10(2)11-4-5-12(15)13(16)8-11/h4-5,8,10,17H,3,6-7,9H2,1-2H3.